The third-order valence-corrected chi connectivity index (χ3v) is 6.50. The van der Waals surface area contributed by atoms with E-state index in [1.807, 2.05) is 48.9 Å². The van der Waals surface area contributed by atoms with Gasteiger partial charge in [-0.15, -0.1) is 0 Å². The Morgan fingerprint density at radius 2 is 1.56 bits per heavy atom. The summed E-state index contributed by atoms with van der Waals surface area (Å²) in [6, 6.07) is 19.9. The second kappa shape index (κ2) is 9.63. The minimum atomic E-state index is -0.848. The van der Waals surface area contributed by atoms with Crippen molar-refractivity contribution in [2.24, 2.45) is 0 Å². The minimum absolute atomic E-state index is 0.613. The van der Waals surface area contributed by atoms with E-state index in [2.05, 4.69) is 59.5 Å². The molecule has 1 atom stereocenters. The molecule has 0 radical (unpaired) electrons. The van der Waals surface area contributed by atoms with Crippen molar-refractivity contribution < 1.29 is 5.11 Å². The van der Waals surface area contributed by atoms with Gasteiger partial charge in [0.05, 0.1) is 22.9 Å². The Labute approximate surface area is 208 Å². The molecular formula is C27H26N8O. The molecule has 9 heteroatoms. The molecule has 1 unspecified atom stereocenters. The monoisotopic (exact) mass is 478 g/mol. The zero-order valence-corrected chi connectivity index (χ0v) is 19.6. The van der Waals surface area contributed by atoms with E-state index < -0.39 is 6.23 Å². The average molecular weight is 479 g/mol. The molecule has 4 heterocycles. The molecule has 6 rings (SSSR count). The quantitative estimate of drug-likeness (QED) is 0.316. The highest BCUT2D eigenvalue weighted by Crippen LogP contribution is 2.27. The molecule has 0 amide bonds. The molecule has 2 aromatic carbocycles. The van der Waals surface area contributed by atoms with E-state index in [-0.39, 0.29) is 0 Å². The Morgan fingerprint density at radius 1 is 0.806 bits per heavy atom. The third kappa shape index (κ3) is 4.56. The topological polar surface area (TPSA) is 106 Å². The molecule has 1 fully saturated rings. The molecule has 9 nitrogen and oxygen atoms in total. The van der Waals surface area contributed by atoms with Crippen LogP contribution >= 0.6 is 0 Å². The van der Waals surface area contributed by atoms with E-state index in [1.54, 1.807) is 12.3 Å². The number of rotatable bonds is 6. The van der Waals surface area contributed by atoms with Crippen LogP contribution in [-0.2, 0) is 0 Å². The van der Waals surface area contributed by atoms with Crippen LogP contribution in [0.1, 0.15) is 11.9 Å². The van der Waals surface area contributed by atoms with Crippen molar-refractivity contribution in [3.05, 3.63) is 91.1 Å². The van der Waals surface area contributed by atoms with Gasteiger partial charge in [-0.05, 0) is 53.6 Å². The van der Waals surface area contributed by atoms with Crippen LogP contribution in [0.2, 0.25) is 0 Å². The van der Waals surface area contributed by atoms with Gasteiger partial charge in [0.2, 0.25) is 0 Å². The van der Waals surface area contributed by atoms with Crippen LogP contribution in [0.3, 0.4) is 0 Å². The SMILES string of the molecule is OC(Nc1ccc(-c2ccc3ncc(N4CCN(c5ccncc5)CC4)nc3c2)cc1)c1ccn[nH]1. The summed E-state index contributed by atoms with van der Waals surface area (Å²) in [6.45, 7) is 3.64. The molecule has 1 aliphatic heterocycles. The van der Waals surface area contributed by atoms with Crippen molar-refractivity contribution in [2.75, 3.05) is 41.3 Å². The molecular weight excluding hydrogens is 452 g/mol. The van der Waals surface area contributed by atoms with Crippen molar-refractivity contribution in [3.8, 4) is 11.1 Å². The van der Waals surface area contributed by atoms with E-state index in [0.717, 1.165) is 59.8 Å². The number of benzene rings is 2. The minimum Gasteiger partial charge on any atom is -0.368 e. The van der Waals surface area contributed by atoms with Gasteiger partial charge >= 0.3 is 0 Å². The number of pyridine rings is 1. The molecule has 0 bridgehead atoms. The highest BCUT2D eigenvalue weighted by atomic mass is 16.3. The smallest absolute Gasteiger partial charge is 0.167 e. The number of aromatic nitrogens is 5. The summed E-state index contributed by atoms with van der Waals surface area (Å²) in [5.74, 6) is 0.904. The van der Waals surface area contributed by atoms with E-state index in [4.69, 9.17) is 4.98 Å². The maximum absolute atomic E-state index is 10.3. The molecule has 0 saturated carbocycles. The van der Waals surface area contributed by atoms with Crippen LogP contribution < -0.4 is 15.1 Å². The first-order valence-electron chi connectivity index (χ1n) is 11.9. The zero-order chi connectivity index (χ0) is 24.3. The van der Waals surface area contributed by atoms with Gasteiger partial charge in [0, 0.05) is 56.1 Å². The van der Waals surface area contributed by atoms with Crippen molar-refractivity contribution in [1.82, 2.24) is 25.1 Å². The summed E-state index contributed by atoms with van der Waals surface area (Å²) in [6.07, 6.45) is 6.31. The second-order valence-electron chi connectivity index (χ2n) is 8.75. The second-order valence-corrected chi connectivity index (χ2v) is 8.75. The lowest BCUT2D eigenvalue weighted by atomic mass is 10.0. The first kappa shape index (κ1) is 22.0. The molecule has 180 valence electrons. The molecule has 1 saturated heterocycles. The highest BCUT2D eigenvalue weighted by molar-refractivity contribution is 5.82. The summed E-state index contributed by atoms with van der Waals surface area (Å²) in [4.78, 5) is 18.4. The number of anilines is 3. The Balaban J connectivity index is 1.17. The lowest BCUT2D eigenvalue weighted by molar-refractivity contribution is 0.203. The predicted molar refractivity (Wildman–Crippen MR) is 141 cm³/mol. The van der Waals surface area contributed by atoms with E-state index in [0.29, 0.717) is 5.69 Å². The van der Waals surface area contributed by atoms with Crippen LogP contribution in [0.4, 0.5) is 17.2 Å². The predicted octanol–water partition coefficient (Wildman–Crippen LogP) is 3.84. The fourth-order valence-corrected chi connectivity index (χ4v) is 4.50. The maximum Gasteiger partial charge on any atom is 0.167 e. The van der Waals surface area contributed by atoms with Gasteiger partial charge in [-0.1, -0.05) is 18.2 Å². The van der Waals surface area contributed by atoms with Crippen LogP contribution in [0.25, 0.3) is 22.2 Å². The van der Waals surface area contributed by atoms with Gasteiger partial charge in [0.25, 0.3) is 0 Å². The number of hydrogen-bond donors (Lipinski definition) is 3. The van der Waals surface area contributed by atoms with Gasteiger partial charge < -0.3 is 20.2 Å². The molecule has 0 aliphatic carbocycles. The van der Waals surface area contributed by atoms with Crippen LogP contribution in [0.15, 0.2) is 85.5 Å². The Morgan fingerprint density at radius 3 is 2.31 bits per heavy atom. The van der Waals surface area contributed by atoms with Crippen molar-refractivity contribution in [1.29, 1.82) is 0 Å². The summed E-state index contributed by atoms with van der Waals surface area (Å²) in [7, 11) is 0. The summed E-state index contributed by atoms with van der Waals surface area (Å²) < 4.78 is 0. The van der Waals surface area contributed by atoms with Crippen molar-refractivity contribution in [2.45, 2.75) is 6.23 Å². The summed E-state index contributed by atoms with van der Waals surface area (Å²) in [5, 5.41) is 20.0. The van der Waals surface area contributed by atoms with E-state index in [1.165, 1.54) is 5.69 Å². The Bertz CT molecular complexity index is 1430. The van der Waals surface area contributed by atoms with Crippen molar-refractivity contribution in [3.63, 3.8) is 0 Å². The zero-order valence-electron chi connectivity index (χ0n) is 19.6. The largest absolute Gasteiger partial charge is 0.368 e. The molecule has 3 N–H and O–H groups in total. The number of nitrogens with one attached hydrogen (secondary N) is 2. The van der Waals surface area contributed by atoms with Crippen LogP contribution in [-0.4, -0.2) is 56.4 Å². The molecule has 0 spiro atoms. The molecule has 5 aromatic rings. The van der Waals surface area contributed by atoms with Gasteiger partial charge in [0.15, 0.2) is 6.23 Å². The molecule has 1 aliphatic rings. The lowest BCUT2D eigenvalue weighted by Crippen LogP contribution is -2.46. The summed E-state index contributed by atoms with van der Waals surface area (Å²) in [5.41, 5.74) is 6.51. The van der Waals surface area contributed by atoms with E-state index in [9.17, 15) is 5.11 Å². The first-order valence-corrected chi connectivity index (χ1v) is 11.9. The van der Waals surface area contributed by atoms with Gasteiger partial charge in [-0.25, -0.2) is 4.98 Å². The molecule has 36 heavy (non-hydrogen) atoms. The Hall–Kier alpha value is -4.50. The third-order valence-electron chi connectivity index (χ3n) is 6.50. The van der Waals surface area contributed by atoms with E-state index >= 15 is 0 Å². The lowest BCUT2D eigenvalue weighted by Gasteiger charge is -2.36. The average Bonchev–Trinajstić information content (AvgIpc) is 3.49. The van der Waals surface area contributed by atoms with Gasteiger partial charge in [-0.2, -0.15) is 5.10 Å². The number of hydrogen-bond acceptors (Lipinski definition) is 8. The van der Waals surface area contributed by atoms with Gasteiger partial charge in [0.1, 0.15) is 5.82 Å². The fourth-order valence-electron chi connectivity index (χ4n) is 4.50. The van der Waals surface area contributed by atoms with Crippen LogP contribution in [0.5, 0.6) is 0 Å². The first-order chi connectivity index (χ1) is 17.7. The number of fused-ring (bicyclic) bond motifs is 1. The standard InChI is InChI=1S/C27H26N8O/c36-27(24-9-12-30-33-24)31-21-4-1-19(2-5-21)20-3-6-23-25(17-20)32-26(18-29-23)35-15-13-34(14-16-35)22-7-10-28-11-8-22/h1-12,17-18,27,31,36H,13-16H2,(H,30,33). The van der Waals surface area contributed by atoms with Crippen LogP contribution in [0, 0.1) is 0 Å². The number of piperazine rings is 1. The molecule has 3 aromatic heterocycles. The Kier molecular flexibility index (Phi) is 5.88. The highest BCUT2D eigenvalue weighted by Gasteiger charge is 2.19. The number of aromatic amines is 1. The maximum atomic E-state index is 10.3. The number of aliphatic hydroxyl groups is 1. The van der Waals surface area contributed by atoms with Gasteiger partial charge in [-0.3, -0.25) is 15.1 Å². The number of nitrogens with zero attached hydrogens (tertiary/aromatic N) is 6. The summed E-state index contributed by atoms with van der Waals surface area (Å²) >= 11 is 0. The fraction of sp³-hybridized carbons (Fsp3) is 0.185. The normalized spacial score (nSPS) is 14.7. The number of aliphatic hydroxyl groups excluding tert-OH is 1. The number of H-pyrrole nitrogens is 1. The van der Waals surface area contributed by atoms with Crippen molar-refractivity contribution >= 4 is 28.2 Å².